The fourth-order valence-corrected chi connectivity index (χ4v) is 3.32. The lowest BCUT2D eigenvalue weighted by atomic mass is 10.1. The second-order valence-electron chi connectivity index (χ2n) is 7.23. The molecule has 1 aliphatic heterocycles. The number of nitrogens with one attached hydrogen (secondary N) is 1. The lowest BCUT2D eigenvalue weighted by molar-refractivity contribution is 0.0906. The van der Waals surface area contributed by atoms with Crippen LogP contribution in [0.5, 0.6) is 0 Å². The van der Waals surface area contributed by atoms with E-state index in [1.807, 2.05) is 13.1 Å². The third-order valence-electron chi connectivity index (χ3n) is 4.94. The van der Waals surface area contributed by atoms with Crippen LogP contribution >= 0.6 is 0 Å². The van der Waals surface area contributed by atoms with Gasteiger partial charge in [0.1, 0.15) is 0 Å². The average molecular weight is 377 g/mol. The van der Waals surface area contributed by atoms with E-state index in [1.165, 1.54) is 5.56 Å². The van der Waals surface area contributed by atoms with Crippen molar-refractivity contribution in [2.75, 3.05) is 67.1 Å². The second-order valence-corrected chi connectivity index (χ2v) is 7.23. The van der Waals surface area contributed by atoms with Gasteiger partial charge in [0.05, 0.1) is 19.8 Å². The molecule has 1 atom stereocenters. The van der Waals surface area contributed by atoms with Crippen LogP contribution in [-0.4, -0.2) is 82.9 Å². The third-order valence-corrected chi connectivity index (χ3v) is 4.94. The zero-order valence-corrected chi connectivity index (χ0v) is 17.2. The highest BCUT2D eigenvalue weighted by molar-refractivity contribution is 5.80. The molecule has 0 aliphatic carbocycles. The van der Waals surface area contributed by atoms with Gasteiger partial charge in [-0.1, -0.05) is 30.3 Å². The minimum Gasteiger partial charge on any atom is -0.383 e. The number of rotatable bonds is 11. The van der Waals surface area contributed by atoms with E-state index in [2.05, 4.69) is 51.4 Å². The summed E-state index contributed by atoms with van der Waals surface area (Å²) in [6.45, 7) is 7.33. The molecule has 6 nitrogen and oxygen atoms in total. The van der Waals surface area contributed by atoms with Crippen molar-refractivity contribution in [3.05, 3.63) is 35.9 Å². The molecule has 0 bridgehead atoms. The van der Waals surface area contributed by atoms with Crippen LogP contribution in [-0.2, 0) is 16.1 Å². The van der Waals surface area contributed by atoms with Gasteiger partial charge in [-0.15, -0.1) is 0 Å². The number of methoxy groups -OCH3 is 1. The number of guanidine groups is 1. The summed E-state index contributed by atoms with van der Waals surface area (Å²) in [6, 6.07) is 10.4. The van der Waals surface area contributed by atoms with Gasteiger partial charge in [0.15, 0.2) is 5.96 Å². The number of nitrogens with zero attached hydrogens (tertiary/aromatic N) is 3. The van der Waals surface area contributed by atoms with Gasteiger partial charge in [-0.05, 0) is 32.0 Å². The first-order chi connectivity index (χ1) is 13.2. The zero-order valence-electron chi connectivity index (χ0n) is 17.2. The molecule has 1 saturated heterocycles. The predicted octanol–water partition coefficient (Wildman–Crippen LogP) is 2.07. The summed E-state index contributed by atoms with van der Waals surface area (Å²) >= 11 is 0. The minimum atomic E-state index is 0.576. The second kappa shape index (κ2) is 12.7. The lowest BCUT2D eigenvalue weighted by Crippen LogP contribution is -2.41. The Balaban J connectivity index is 1.60. The number of likely N-dealkylation sites (N-methyl/N-ethyl adjacent to an activating group) is 1. The van der Waals surface area contributed by atoms with Gasteiger partial charge in [0.25, 0.3) is 0 Å². The van der Waals surface area contributed by atoms with Crippen molar-refractivity contribution in [3.63, 3.8) is 0 Å². The Hall–Kier alpha value is -1.63. The monoisotopic (exact) mass is 376 g/mol. The number of likely N-dealkylation sites (tertiary alicyclic amines) is 1. The number of ether oxygens (including phenoxy) is 2. The van der Waals surface area contributed by atoms with Crippen LogP contribution in [0.2, 0.25) is 0 Å². The van der Waals surface area contributed by atoms with Crippen molar-refractivity contribution >= 4 is 5.96 Å². The smallest absolute Gasteiger partial charge is 0.193 e. The molecular weight excluding hydrogens is 340 g/mol. The van der Waals surface area contributed by atoms with Crippen LogP contribution in [0.4, 0.5) is 0 Å². The predicted molar refractivity (Wildman–Crippen MR) is 111 cm³/mol. The van der Waals surface area contributed by atoms with E-state index in [4.69, 9.17) is 9.47 Å². The number of aliphatic imine (C=N–C) groups is 1. The average Bonchev–Trinajstić information content (AvgIpc) is 3.16. The zero-order chi connectivity index (χ0) is 19.3. The fraction of sp³-hybridized carbons (Fsp3) is 0.667. The molecule has 152 valence electrons. The SMILES string of the molecule is CN=C(NCCCN(C)CCOC)N1CCC(COCc2ccccc2)C1. The van der Waals surface area contributed by atoms with E-state index in [-0.39, 0.29) is 0 Å². The molecule has 0 spiro atoms. The summed E-state index contributed by atoms with van der Waals surface area (Å²) in [5, 5.41) is 3.50. The lowest BCUT2D eigenvalue weighted by Gasteiger charge is -2.22. The quantitative estimate of drug-likeness (QED) is 0.364. The molecule has 2 rings (SSSR count). The number of hydrogen-bond donors (Lipinski definition) is 1. The van der Waals surface area contributed by atoms with Crippen molar-refractivity contribution in [3.8, 4) is 0 Å². The first-order valence-electron chi connectivity index (χ1n) is 9.97. The van der Waals surface area contributed by atoms with E-state index in [9.17, 15) is 0 Å². The standard InChI is InChI=1S/C21H36N4O2/c1-22-21(23-11-7-12-24(2)14-15-26-3)25-13-10-20(16-25)18-27-17-19-8-5-4-6-9-19/h4-6,8-9,20H,7,10-18H2,1-3H3,(H,22,23). The summed E-state index contributed by atoms with van der Waals surface area (Å²) in [5.41, 5.74) is 1.24. The van der Waals surface area contributed by atoms with E-state index >= 15 is 0 Å². The van der Waals surface area contributed by atoms with E-state index in [0.29, 0.717) is 12.5 Å². The Morgan fingerprint density at radius 3 is 2.85 bits per heavy atom. The number of hydrogen-bond acceptors (Lipinski definition) is 4. The van der Waals surface area contributed by atoms with E-state index in [1.54, 1.807) is 7.11 Å². The van der Waals surface area contributed by atoms with Gasteiger partial charge in [-0.2, -0.15) is 0 Å². The Morgan fingerprint density at radius 2 is 2.11 bits per heavy atom. The molecular formula is C21H36N4O2. The Bertz CT molecular complexity index is 538. The van der Waals surface area contributed by atoms with Gasteiger partial charge in [0.2, 0.25) is 0 Å². The molecule has 0 amide bonds. The van der Waals surface area contributed by atoms with Crippen molar-refractivity contribution in [2.45, 2.75) is 19.4 Å². The van der Waals surface area contributed by atoms with Gasteiger partial charge >= 0.3 is 0 Å². The molecule has 6 heteroatoms. The molecule has 1 aromatic carbocycles. The minimum absolute atomic E-state index is 0.576. The first-order valence-corrected chi connectivity index (χ1v) is 9.97. The molecule has 1 unspecified atom stereocenters. The van der Waals surface area contributed by atoms with Crippen molar-refractivity contribution in [2.24, 2.45) is 10.9 Å². The summed E-state index contributed by atoms with van der Waals surface area (Å²) in [4.78, 5) is 9.10. The van der Waals surface area contributed by atoms with Crippen LogP contribution in [0.1, 0.15) is 18.4 Å². The van der Waals surface area contributed by atoms with Gasteiger partial charge < -0.3 is 24.6 Å². The molecule has 27 heavy (non-hydrogen) atoms. The van der Waals surface area contributed by atoms with Crippen LogP contribution in [0.15, 0.2) is 35.3 Å². The van der Waals surface area contributed by atoms with Gasteiger partial charge in [0, 0.05) is 46.3 Å². The number of benzene rings is 1. The maximum absolute atomic E-state index is 5.92. The van der Waals surface area contributed by atoms with Gasteiger partial charge in [-0.25, -0.2) is 0 Å². The van der Waals surface area contributed by atoms with Crippen LogP contribution < -0.4 is 5.32 Å². The fourth-order valence-electron chi connectivity index (χ4n) is 3.32. The summed E-state index contributed by atoms with van der Waals surface area (Å²) in [7, 11) is 5.75. The molecule has 0 saturated carbocycles. The highest BCUT2D eigenvalue weighted by atomic mass is 16.5. The first kappa shape index (κ1) is 21.7. The Kier molecular flexibility index (Phi) is 10.2. The largest absolute Gasteiger partial charge is 0.383 e. The summed E-state index contributed by atoms with van der Waals surface area (Å²) in [6.07, 6.45) is 2.26. The van der Waals surface area contributed by atoms with E-state index in [0.717, 1.165) is 64.7 Å². The van der Waals surface area contributed by atoms with Crippen LogP contribution in [0.25, 0.3) is 0 Å². The maximum atomic E-state index is 5.92. The highest BCUT2D eigenvalue weighted by Gasteiger charge is 2.24. The molecule has 1 N–H and O–H groups in total. The Morgan fingerprint density at radius 1 is 1.30 bits per heavy atom. The molecule has 1 heterocycles. The molecule has 1 fully saturated rings. The Labute approximate surface area is 164 Å². The van der Waals surface area contributed by atoms with Gasteiger partial charge in [-0.3, -0.25) is 4.99 Å². The normalized spacial score (nSPS) is 17.7. The van der Waals surface area contributed by atoms with Crippen molar-refractivity contribution in [1.29, 1.82) is 0 Å². The topological polar surface area (TPSA) is 49.3 Å². The summed E-state index contributed by atoms with van der Waals surface area (Å²) in [5.74, 6) is 1.59. The van der Waals surface area contributed by atoms with Crippen molar-refractivity contribution < 1.29 is 9.47 Å². The van der Waals surface area contributed by atoms with Crippen LogP contribution in [0, 0.1) is 5.92 Å². The molecule has 0 aromatic heterocycles. The molecule has 1 aliphatic rings. The van der Waals surface area contributed by atoms with Crippen molar-refractivity contribution in [1.82, 2.24) is 15.1 Å². The third kappa shape index (κ3) is 8.28. The molecule has 1 aromatic rings. The maximum Gasteiger partial charge on any atom is 0.193 e. The van der Waals surface area contributed by atoms with E-state index < -0.39 is 0 Å². The molecule has 0 radical (unpaired) electrons. The van der Waals surface area contributed by atoms with Crippen LogP contribution in [0.3, 0.4) is 0 Å². The summed E-state index contributed by atoms with van der Waals surface area (Å²) < 4.78 is 11.0. The highest BCUT2D eigenvalue weighted by Crippen LogP contribution is 2.17.